The number of hydrogen-bond donors (Lipinski definition) is 0. The highest BCUT2D eigenvalue weighted by Crippen LogP contribution is 2.26. The van der Waals surface area contributed by atoms with Gasteiger partial charge in [-0.15, -0.1) is 0 Å². The molecule has 0 unspecified atom stereocenters. The summed E-state index contributed by atoms with van der Waals surface area (Å²) in [6.07, 6.45) is 5.23. The fourth-order valence-electron chi connectivity index (χ4n) is 1.77. The van der Waals surface area contributed by atoms with Crippen LogP contribution in [0.2, 0.25) is 0 Å². The van der Waals surface area contributed by atoms with Gasteiger partial charge in [0.2, 0.25) is 11.2 Å². The Morgan fingerprint density at radius 3 is 3.07 bits per heavy atom. The van der Waals surface area contributed by atoms with E-state index in [1.807, 2.05) is 6.20 Å². The summed E-state index contributed by atoms with van der Waals surface area (Å²) in [5.74, 6) is 0.403. The molecule has 0 fully saturated rings. The number of pyridine rings is 1. The largest absolute Gasteiger partial charge is 0.352 e. The molecule has 0 saturated carbocycles. The summed E-state index contributed by atoms with van der Waals surface area (Å²) in [6.45, 7) is 4.26. The maximum absolute atomic E-state index is 5.21. The van der Waals surface area contributed by atoms with Gasteiger partial charge in [0.1, 0.15) is 6.33 Å². The van der Waals surface area contributed by atoms with Gasteiger partial charge in [-0.05, 0) is 11.5 Å². The molecule has 0 atom stereocenters. The maximum atomic E-state index is 5.21. The predicted octanol–water partition coefficient (Wildman–Crippen LogP) is 1.99. The van der Waals surface area contributed by atoms with Crippen LogP contribution < -0.4 is 0 Å². The van der Waals surface area contributed by atoms with Gasteiger partial charge >= 0.3 is 0 Å². The molecule has 3 heterocycles. The van der Waals surface area contributed by atoms with E-state index in [4.69, 9.17) is 4.52 Å². The Morgan fingerprint density at radius 2 is 2.27 bits per heavy atom. The summed E-state index contributed by atoms with van der Waals surface area (Å²) in [4.78, 5) is 4.14. The second-order valence-electron chi connectivity index (χ2n) is 3.84. The van der Waals surface area contributed by atoms with E-state index >= 15 is 0 Å². The maximum Gasteiger partial charge on any atom is 0.211 e. The Hall–Kier alpha value is -1.91. The van der Waals surface area contributed by atoms with Gasteiger partial charge in [0.05, 0.1) is 11.6 Å². The van der Waals surface area contributed by atoms with Crippen LogP contribution in [0, 0.1) is 0 Å². The lowest BCUT2D eigenvalue weighted by Gasteiger charge is -2.05. The highest BCUT2D eigenvalue weighted by atomic mass is 16.5. The first-order chi connectivity index (χ1) is 7.27. The van der Waals surface area contributed by atoms with E-state index < -0.39 is 0 Å². The van der Waals surface area contributed by atoms with Crippen molar-refractivity contribution in [3.63, 3.8) is 0 Å². The van der Waals surface area contributed by atoms with Crippen molar-refractivity contribution >= 4 is 16.6 Å². The first-order valence-electron chi connectivity index (χ1n) is 4.84. The Morgan fingerprint density at radius 1 is 1.40 bits per heavy atom. The molecule has 15 heavy (non-hydrogen) atoms. The highest BCUT2D eigenvalue weighted by molar-refractivity contribution is 5.90. The summed E-state index contributed by atoms with van der Waals surface area (Å²) in [5.41, 5.74) is 2.59. The van der Waals surface area contributed by atoms with Crippen LogP contribution >= 0.6 is 0 Å². The molecule has 5 nitrogen and oxygen atoms in total. The Balaban J connectivity index is 2.54. The molecule has 0 spiro atoms. The van der Waals surface area contributed by atoms with E-state index in [1.54, 1.807) is 10.7 Å². The average Bonchev–Trinajstić information content (AvgIpc) is 2.83. The van der Waals surface area contributed by atoms with Crippen LogP contribution in [0.4, 0.5) is 0 Å². The summed E-state index contributed by atoms with van der Waals surface area (Å²) >= 11 is 0. The Labute approximate surface area is 85.7 Å². The number of hydrogen-bond acceptors (Lipinski definition) is 4. The molecule has 5 heteroatoms. The summed E-state index contributed by atoms with van der Waals surface area (Å²) in [6, 6.07) is 0. The van der Waals surface area contributed by atoms with Crippen LogP contribution in [0.15, 0.2) is 23.2 Å². The molecule has 0 aliphatic rings. The molecule has 3 aromatic heterocycles. The van der Waals surface area contributed by atoms with Gasteiger partial charge in [-0.2, -0.15) is 5.10 Å². The van der Waals surface area contributed by atoms with Gasteiger partial charge in [0.15, 0.2) is 0 Å². The standard InChI is InChI=1S/C10H10N4O/c1-6(2)8-4-14-10(11-5-12-14)9-7(8)3-13-15-9/h3-6H,1-2H3. The number of nitrogens with zero attached hydrogens (tertiary/aromatic N) is 4. The third kappa shape index (κ3) is 1.06. The van der Waals surface area contributed by atoms with Crippen LogP contribution in [0.25, 0.3) is 16.6 Å². The first kappa shape index (κ1) is 8.40. The lowest BCUT2D eigenvalue weighted by molar-refractivity contribution is 0.457. The van der Waals surface area contributed by atoms with Crippen molar-refractivity contribution in [3.8, 4) is 0 Å². The summed E-state index contributed by atoms with van der Waals surface area (Å²) < 4.78 is 6.93. The topological polar surface area (TPSA) is 56.2 Å². The van der Waals surface area contributed by atoms with Gasteiger partial charge < -0.3 is 4.52 Å². The second-order valence-corrected chi connectivity index (χ2v) is 3.84. The molecule has 0 aliphatic carbocycles. The zero-order valence-electron chi connectivity index (χ0n) is 8.51. The van der Waals surface area contributed by atoms with Crippen LogP contribution in [-0.2, 0) is 0 Å². The average molecular weight is 202 g/mol. The highest BCUT2D eigenvalue weighted by Gasteiger charge is 2.14. The van der Waals surface area contributed by atoms with Crippen LogP contribution in [-0.4, -0.2) is 19.8 Å². The van der Waals surface area contributed by atoms with Gasteiger partial charge in [-0.1, -0.05) is 19.0 Å². The molecule has 0 bridgehead atoms. The quantitative estimate of drug-likeness (QED) is 0.605. The van der Waals surface area contributed by atoms with E-state index in [2.05, 4.69) is 29.1 Å². The van der Waals surface area contributed by atoms with Crippen molar-refractivity contribution in [2.45, 2.75) is 19.8 Å². The first-order valence-corrected chi connectivity index (χ1v) is 4.84. The van der Waals surface area contributed by atoms with Gasteiger partial charge in [0.25, 0.3) is 0 Å². The van der Waals surface area contributed by atoms with E-state index in [0.717, 1.165) is 5.39 Å². The summed E-state index contributed by atoms with van der Waals surface area (Å²) in [5, 5.41) is 8.95. The predicted molar refractivity (Wildman–Crippen MR) is 54.6 cm³/mol. The molecule has 3 aromatic rings. The molecule has 3 rings (SSSR count). The third-order valence-electron chi connectivity index (χ3n) is 2.54. The van der Waals surface area contributed by atoms with Gasteiger partial charge in [0, 0.05) is 6.20 Å². The van der Waals surface area contributed by atoms with Crippen molar-refractivity contribution in [2.24, 2.45) is 0 Å². The monoisotopic (exact) mass is 202 g/mol. The Bertz CT molecular complexity index is 622. The minimum Gasteiger partial charge on any atom is -0.352 e. The molecule has 76 valence electrons. The zero-order chi connectivity index (χ0) is 10.4. The van der Waals surface area contributed by atoms with E-state index in [-0.39, 0.29) is 0 Å². The minimum absolute atomic E-state index is 0.403. The number of fused-ring (bicyclic) bond motifs is 3. The molecule has 0 amide bonds. The molecular formula is C10H10N4O. The van der Waals surface area contributed by atoms with Crippen molar-refractivity contribution in [1.29, 1.82) is 0 Å². The normalized spacial score (nSPS) is 11.9. The van der Waals surface area contributed by atoms with E-state index in [1.165, 1.54) is 11.9 Å². The van der Waals surface area contributed by atoms with Crippen LogP contribution in [0.3, 0.4) is 0 Å². The second kappa shape index (κ2) is 2.79. The summed E-state index contributed by atoms with van der Waals surface area (Å²) in [7, 11) is 0. The molecule has 0 saturated heterocycles. The van der Waals surface area contributed by atoms with Crippen molar-refractivity contribution in [3.05, 3.63) is 24.3 Å². The zero-order valence-corrected chi connectivity index (χ0v) is 8.51. The van der Waals surface area contributed by atoms with E-state index in [0.29, 0.717) is 17.1 Å². The van der Waals surface area contributed by atoms with E-state index in [9.17, 15) is 0 Å². The van der Waals surface area contributed by atoms with Crippen molar-refractivity contribution < 1.29 is 4.52 Å². The smallest absolute Gasteiger partial charge is 0.211 e. The number of rotatable bonds is 1. The molecular weight excluding hydrogens is 192 g/mol. The molecule has 0 aromatic carbocycles. The van der Waals surface area contributed by atoms with Gasteiger partial charge in [-0.3, -0.25) is 0 Å². The number of aromatic nitrogens is 4. The van der Waals surface area contributed by atoms with Crippen molar-refractivity contribution in [1.82, 2.24) is 19.8 Å². The third-order valence-corrected chi connectivity index (χ3v) is 2.54. The lowest BCUT2D eigenvalue weighted by Crippen LogP contribution is -1.95. The lowest BCUT2D eigenvalue weighted by atomic mass is 10.0. The fraction of sp³-hybridized carbons (Fsp3) is 0.300. The fourth-order valence-corrected chi connectivity index (χ4v) is 1.77. The van der Waals surface area contributed by atoms with Crippen molar-refractivity contribution in [2.75, 3.05) is 0 Å². The van der Waals surface area contributed by atoms with Crippen LogP contribution in [0.1, 0.15) is 25.3 Å². The molecule has 0 aliphatic heterocycles. The molecule has 0 radical (unpaired) electrons. The minimum atomic E-state index is 0.403. The Kier molecular flexibility index (Phi) is 1.56. The SMILES string of the molecule is CC(C)c1cn2ncnc2c2oncc12. The molecule has 0 N–H and O–H groups in total. The van der Waals surface area contributed by atoms with Crippen LogP contribution in [0.5, 0.6) is 0 Å². The van der Waals surface area contributed by atoms with Gasteiger partial charge in [-0.25, -0.2) is 9.50 Å².